The van der Waals surface area contributed by atoms with Crippen LogP contribution in [0.5, 0.6) is 5.75 Å². The Balaban J connectivity index is 2.10. The van der Waals surface area contributed by atoms with Gasteiger partial charge in [0.15, 0.2) is 11.6 Å². The van der Waals surface area contributed by atoms with Crippen molar-refractivity contribution in [2.24, 2.45) is 5.73 Å². The quantitative estimate of drug-likeness (QED) is 0.888. The lowest BCUT2D eigenvalue weighted by Gasteiger charge is -2.08. The number of carbonyl (C=O) groups is 1. The maximum Gasteiger partial charge on any atom is 0.255 e. The van der Waals surface area contributed by atoms with Crippen molar-refractivity contribution in [2.45, 2.75) is 6.42 Å². The van der Waals surface area contributed by atoms with Crippen molar-refractivity contribution in [1.82, 2.24) is 0 Å². The Morgan fingerprint density at radius 2 is 1.95 bits per heavy atom. The molecule has 0 aliphatic carbocycles. The molecule has 0 bridgehead atoms. The Morgan fingerprint density at radius 3 is 2.57 bits per heavy atom. The van der Waals surface area contributed by atoms with Gasteiger partial charge in [0.05, 0.1) is 7.11 Å². The number of carbonyl (C=O) groups excluding carboxylic acids is 1. The molecule has 0 saturated carbocycles. The number of rotatable bonds is 5. The molecule has 0 aliphatic heterocycles. The van der Waals surface area contributed by atoms with Crippen molar-refractivity contribution in [1.29, 1.82) is 0 Å². The van der Waals surface area contributed by atoms with Crippen molar-refractivity contribution in [3.8, 4) is 5.75 Å². The first-order valence-corrected chi connectivity index (χ1v) is 6.58. The maximum absolute atomic E-state index is 13.3. The molecule has 5 heteroatoms. The van der Waals surface area contributed by atoms with Gasteiger partial charge in [-0.05, 0) is 48.9 Å². The molecule has 0 fully saturated rings. The average molecular weight is 288 g/mol. The highest BCUT2D eigenvalue weighted by atomic mass is 19.1. The largest absolute Gasteiger partial charge is 0.494 e. The summed E-state index contributed by atoms with van der Waals surface area (Å²) in [5.74, 6) is -0.777. The fraction of sp³-hybridized carbons (Fsp3) is 0.188. The van der Waals surface area contributed by atoms with E-state index in [1.54, 1.807) is 0 Å². The van der Waals surface area contributed by atoms with Gasteiger partial charge in [-0.25, -0.2) is 4.39 Å². The lowest BCUT2D eigenvalue weighted by Crippen LogP contribution is -2.12. The zero-order valence-electron chi connectivity index (χ0n) is 11.7. The number of halogens is 1. The number of nitrogens with two attached hydrogens (primary N) is 1. The summed E-state index contributed by atoms with van der Waals surface area (Å²) in [6.45, 7) is 0.584. The number of hydrogen-bond acceptors (Lipinski definition) is 3. The minimum atomic E-state index is -0.500. The van der Waals surface area contributed by atoms with Gasteiger partial charge in [-0.1, -0.05) is 12.1 Å². The fourth-order valence-electron chi connectivity index (χ4n) is 1.93. The molecule has 2 rings (SSSR count). The predicted octanol–water partition coefficient (Wildman–Crippen LogP) is 2.59. The van der Waals surface area contributed by atoms with Crippen molar-refractivity contribution < 1.29 is 13.9 Å². The smallest absolute Gasteiger partial charge is 0.255 e. The minimum Gasteiger partial charge on any atom is -0.494 e. The third kappa shape index (κ3) is 3.79. The van der Waals surface area contributed by atoms with E-state index in [0.717, 1.165) is 12.0 Å². The van der Waals surface area contributed by atoms with Crippen LogP contribution in [-0.4, -0.2) is 19.6 Å². The molecule has 2 aromatic rings. The summed E-state index contributed by atoms with van der Waals surface area (Å²) in [6, 6.07) is 11.4. The number of amides is 1. The monoisotopic (exact) mass is 288 g/mol. The Labute approximate surface area is 122 Å². The Hall–Kier alpha value is -2.40. The first-order valence-electron chi connectivity index (χ1n) is 6.58. The summed E-state index contributed by atoms with van der Waals surface area (Å²) in [6.07, 6.45) is 0.795. The molecular weight excluding hydrogens is 271 g/mol. The van der Waals surface area contributed by atoms with E-state index in [1.807, 2.05) is 24.3 Å². The second kappa shape index (κ2) is 6.85. The second-order valence-electron chi connectivity index (χ2n) is 4.54. The number of benzene rings is 2. The van der Waals surface area contributed by atoms with Gasteiger partial charge in [-0.3, -0.25) is 4.79 Å². The lowest BCUT2D eigenvalue weighted by molar-refractivity contribution is 0.102. The first-order chi connectivity index (χ1) is 10.1. The number of nitrogens with one attached hydrogen (secondary N) is 1. The van der Waals surface area contributed by atoms with Gasteiger partial charge in [0.2, 0.25) is 0 Å². The van der Waals surface area contributed by atoms with E-state index in [9.17, 15) is 9.18 Å². The Bertz CT molecular complexity index is 627. The molecule has 0 spiro atoms. The van der Waals surface area contributed by atoms with Crippen LogP contribution >= 0.6 is 0 Å². The summed E-state index contributed by atoms with van der Waals surface area (Å²) in [5.41, 5.74) is 7.60. The van der Waals surface area contributed by atoms with Gasteiger partial charge in [0, 0.05) is 11.3 Å². The van der Waals surface area contributed by atoms with Crippen molar-refractivity contribution in [3.63, 3.8) is 0 Å². The lowest BCUT2D eigenvalue weighted by atomic mass is 10.1. The second-order valence-corrected chi connectivity index (χ2v) is 4.54. The third-order valence-corrected chi connectivity index (χ3v) is 3.06. The molecule has 3 N–H and O–H groups in total. The van der Waals surface area contributed by atoms with Crippen LogP contribution in [0, 0.1) is 5.82 Å². The van der Waals surface area contributed by atoms with Crippen LogP contribution in [0.4, 0.5) is 10.1 Å². The molecule has 0 unspecified atom stereocenters. The molecule has 0 aromatic heterocycles. The van der Waals surface area contributed by atoms with E-state index in [2.05, 4.69) is 5.32 Å². The highest BCUT2D eigenvalue weighted by Crippen LogP contribution is 2.19. The van der Waals surface area contributed by atoms with Crippen LogP contribution in [0.1, 0.15) is 15.9 Å². The van der Waals surface area contributed by atoms with Crippen LogP contribution in [0.15, 0.2) is 42.5 Å². The molecule has 4 nitrogen and oxygen atoms in total. The van der Waals surface area contributed by atoms with Crippen LogP contribution in [0.2, 0.25) is 0 Å². The summed E-state index contributed by atoms with van der Waals surface area (Å²) in [7, 11) is 1.36. The van der Waals surface area contributed by atoms with Gasteiger partial charge >= 0.3 is 0 Å². The maximum atomic E-state index is 13.3. The normalized spacial score (nSPS) is 10.2. The summed E-state index contributed by atoms with van der Waals surface area (Å²) < 4.78 is 18.2. The predicted molar refractivity (Wildman–Crippen MR) is 80.1 cm³/mol. The summed E-state index contributed by atoms with van der Waals surface area (Å²) in [4.78, 5) is 12.1. The van der Waals surface area contributed by atoms with Crippen LogP contribution in [-0.2, 0) is 6.42 Å². The van der Waals surface area contributed by atoms with Gasteiger partial charge in [0.25, 0.3) is 5.91 Å². The zero-order valence-corrected chi connectivity index (χ0v) is 11.7. The van der Waals surface area contributed by atoms with E-state index in [1.165, 1.54) is 25.3 Å². The standard InChI is InChI=1S/C16H17FN2O2/c1-21-15-10-12(4-7-14(15)17)16(20)19-13-5-2-11(3-6-13)8-9-18/h2-7,10H,8-9,18H2,1H3,(H,19,20). The van der Waals surface area contributed by atoms with Gasteiger partial charge in [0.1, 0.15) is 0 Å². The van der Waals surface area contributed by atoms with E-state index in [0.29, 0.717) is 17.8 Å². The molecule has 21 heavy (non-hydrogen) atoms. The van der Waals surface area contributed by atoms with Crippen molar-refractivity contribution >= 4 is 11.6 Å². The third-order valence-electron chi connectivity index (χ3n) is 3.06. The molecule has 1 amide bonds. The van der Waals surface area contributed by atoms with Gasteiger partial charge < -0.3 is 15.8 Å². The molecule has 0 radical (unpaired) electrons. The van der Waals surface area contributed by atoms with Crippen LogP contribution in [0.3, 0.4) is 0 Å². The van der Waals surface area contributed by atoms with Gasteiger partial charge in [-0.15, -0.1) is 0 Å². The highest BCUT2D eigenvalue weighted by molar-refractivity contribution is 6.04. The summed E-state index contributed by atoms with van der Waals surface area (Å²) >= 11 is 0. The molecule has 0 atom stereocenters. The first kappa shape index (κ1) is 15.0. The number of ether oxygens (including phenoxy) is 1. The molecule has 0 saturated heterocycles. The number of hydrogen-bond donors (Lipinski definition) is 2. The van der Waals surface area contributed by atoms with E-state index in [-0.39, 0.29) is 11.7 Å². The average Bonchev–Trinajstić information content (AvgIpc) is 2.50. The SMILES string of the molecule is COc1cc(C(=O)Nc2ccc(CCN)cc2)ccc1F. The molecular formula is C16H17FN2O2. The topological polar surface area (TPSA) is 64.3 Å². The van der Waals surface area contributed by atoms with Crippen LogP contribution in [0.25, 0.3) is 0 Å². The molecule has 0 aliphatic rings. The zero-order chi connectivity index (χ0) is 15.2. The van der Waals surface area contributed by atoms with Crippen molar-refractivity contribution in [2.75, 3.05) is 19.0 Å². The summed E-state index contributed by atoms with van der Waals surface area (Å²) in [5, 5.41) is 2.75. The number of anilines is 1. The van der Waals surface area contributed by atoms with Gasteiger partial charge in [-0.2, -0.15) is 0 Å². The van der Waals surface area contributed by atoms with Crippen LogP contribution < -0.4 is 15.8 Å². The fourth-order valence-corrected chi connectivity index (χ4v) is 1.93. The molecule has 0 heterocycles. The Morgan fingerprint density at radius 1 is 1.24 bits per heavy atom. The molecule has 2 aromatic carbocycles. The Kier molecular flexibility index (Phi) is 4.90. The van der Waals surface area contributed by atoms with Crippen molar-refractivity contribution in [3.05, 3.63) is 59.4 Å². The van der Waals surface area contributed by atoms with E-state index >= 15 is 0 Å². The van der Waals surface area contributed by atoms with E-state index in [4.69, 9.17) is 10.5 Å². The highest BCUT2D eigenvalue weighted by Gasteiger charge is 2.10. The van der Waals surface area contributed by atoms with E-state index < -0.39 is 5.82 Å². The molecule has 110 valence electrons. The minimum absolute atomic E-state index is 0.0425. The number of methoxy groups -OCH3 is 1.